The summed E-state index contributed by atoms with van der Waals surface area (Å²) < 4.78 is 5.38. The number of nitrogens with zero attached hydrogens (tertiary/aromatic N) is 2. The second kappa shape index (κ2) is 9.72. The Morgan fingerprint density at radius 1 is 1.26 bits per heavy atom. The largest absolute Gasteiger partial charge is 0.379 e. The molecule has 0 aromatic carbocycles. The summed E-state index contributed by atoms with van der Waals surface area (Å²) in [4.78, 5) is 18.6. The molecule has 0 bridgehead atoms. The summed E-state index contributed by atoms with van der Waals surface area (Å²) in [5.41, 5.74) is -0.233. The molecule has 0 aromatic heterocycles. The Balaban J connectivity index is 2.43. The van der Waals surface area contributed by atoms with Crippen molar-refractivity contribution in [1.29, 1.82) is 0 Å². The molecule has 1 unspecified atom stereocenters. The first-order valence-electron chi connectivity index (χ1n) is 8.47. The zero-order valence-corrected chi connectivity index (χ0v) is 15.2. The lowest BCUT2D eigenvalue weighted by Gasteiger charge is -2.32. The van der Waals surface area contributed by atoms with Gasteiger partial charge in [0.15, 0.2) is 5.96 Å². The van der Waals surface area contributed by atoms with Gasteiger partial charge in [0.25, 0.3) is 0 Å². The molecular formula is C16H33N5O2. The summed E-state index contributed by atoms with van der Waals surface area (Å²) in [5.74, 6) is 0.604. The predicted molar refractivity (Wildman–Crippen MR) is 93.7 cm³/mol. The molecule has 1 fully saturated rings. The molecule has 1 heterocycles. The van der Waals surface area contributed by atoms with Crippen LogP contribution in [0, 0.1) is 0 Å². The fourth-order valence-electron chi connectivity index (χ4n) is 2.34. The van der Waals surface area contributed by atoms with E-state index in [2.05, 4.69) is 32.8 Å². The number of ether oxygens (including phenoxy) is 1. The molecule has 3 N–H and O–H groups in total. The Morgan fingerprint density at radius 2 is 1.91 bits per heavy atom. The van der Waals surface area contributed by atoms with Crippen LogP contribution < -0.4 is 16.0 Å². The molecule has 1 saturated heterocycles. The zero-order valence-electron chi connectivity index (χ0n) is 15.2. The van der Waals surface area contributed by atoms with Crippen molar-refractivity contribution in [1.82, 2.24) is 20.9 Å². The molecule has 0 aromatic rings. The van der Waals surface area contributed by atoms with Gasteiger partial charge in [-0.2, -0.15) is 0 Å². The number of nitrogens with one attached hydrogen (secondary N) is 3. The van der Waals surface area contributed by atoms with Crippen LogP contribution in [0.1, 0.15) is 34.6 Å². The normalized spacial score (nSPS) is 18.4. The molecule has 0 saturated carbocycles. The Morgan fingerprint density at radius 3 is 2.48 bits per heavy atom. The fraction of sp³-hybridized carbons (Fsp3) is 0.875. The highest BCUT2D eigenvalue weighted by molar-refractivity contribution is 5.85. The van der Waals surface area contributed by atoms with Gasteiger partial charge in [-0.3, -0.25) is 9.69 Å². The summed E-state index contributed by atoms with van der Waals surface area (Å²) in [6.07, 6.45) is 0. The molecule has 1 aliphatic rings. The molecule has 1 aliphatic heterocycles. The Labute approximate surface area is 140 Å². The van der Waals surface area contributed by atoms with Crippen LogP contribution in [0.2, 0.25) is 0 Å². The Hall–Kier alpha value is -1.34. The second-order valence-electron chi connectivity index (χ2n) is 6.87. The van der Waals surface area contributed by atoms with E-state index in [1.165, 1.54) is 0 Å². The minimum absolute atomic E-state index is 0.0732. The lowest BCUT2D eigenvalue weighted by molar-refractivity contribution is -0.121. The number of morpholine rings is 1. The van der Waals surface area contributed by atoms with Crippen molar-refractivity contribution < 1.29 is 9.53 Å². The molecule has 1 rings (SSSR count). The number of carbonyl (C=O) groups excluding carboxylic acids is 1. The van der Waals surface area contributed by atoms with E-state index >= 15 is 0 Å². The van der Waals surface area contributed by atoms with Crippen LogP contribution >= 0.6 is 0 Å². The third-order valence-corrected chi connectivity index (χ3v) is 3.47. The van der Waals surface area contributed by atoms with Gasteiger partial charge in [-0.25, -0.2) is 4.99 Å². The molecule has 7 heteroatoms. The highest BCUT2D eigenvalue weighted by Gasteiger charge is 2.17. The SMILES string of the molecule is CCNC(=NCC(=O)NC(C)(C)C)NCC(C)N1CCOCC1. The van der Waals surface area contributed by atoms with Gasteiger partial charge in [-0.05, 0) is 34.6 Å². The van der Waals surface area contributed by atoms with Crippen molar-refractivity contribution in [3.63, 3.8) is 0 Å². The van der Waals surface area contributed by atoms with Crippen molar-refractivity contribution in [3.05, 3.63) is 0 Å². The van der Waals surface area contributed by atoms with Gasteiger partial charge in [0.1, 0.15) is 6.54 Å². The third kappa shape index (κ3) is 8.76. The molecule has 0 radical (unpaired) electrons. The van der Waals surface area contributed by atoms with Crippen LogP contribution in [-0.4, -0.2) is 74.3 Å². The summed E-state index contributed by atoms with van der Waals surface area (Å²) >= 11 is 0. The van der Waals surface area contributed by atoms with Crippen LogP contribution in [0.5, 0.6) is 0 Å². The van der Waals surface area contributed by atoms with E-state index in [0.717, 1.165) is 39.4 Å². The standard InChI is InChI=1S/C16H33N5O2/c1-6-17-15(19-12-14(22)20-16(3,4)5)18-11-13(2)21-7-9-23-10-8-21/h13H,6-12H2,1-5H3,(H,20,22)(H2,17,18,19). The molecule has 134 valence electrons. The smallest absolute Gasteiger partial charge is 0.242 e. The topological polar surface area (TPSA) is 78.0 Å². The minimum Gasteiger partial charge on any atom is -0.379 e. The molecule has 1 amide bonds. The van der Waals surface area contributed by atoms with Crippen LogP contribution in [-0.2, 0) is 9.53 Å². The average molecular weight is 327 g/mol. The summed E-state index contributed by atoms with van der Waals surface area (Å²) in [5, 5.41) is 9.40. The monoisotopic (exact) mass is 327 g/mol. The molecule has 7 nitrogen and oxygen atoms in total. The number of amides is 1. The molecule has 23 heavy (non-hydrogen) atoms. The van der Waals surface area contributed by atoms with Gasteiger partial charge < -0.3 is 20.7 Å². The van der Waals surface area contributed by atoms with Gasteiger partial charge in [-0.1, -0.05) is 0 Å². The van der Waals surface area contributed by atoms with Gasteiger partial charge in [0.2, 0.25) is 5.91 Å². The van der Waals surface area contributed by atoms with Crippen molar-refractivity contribution in [2.24, 2.45) is 4.99 Å². The first-order chi connectivity index (χ1) is 10.8. The quantitative estimate of drug-likeness (QED) is 0.479. The van der Waals surface area contributed by atoms with Gasteiger partial charge in [-0.15, -0.1) is 0 Å². The maximum absolute atomic E-state index is 11.9. The summed E-state index contributed by atoms with van der Waals surface area (Å²) in [6, 6.07) is 0.395. The first kappa shape index (κ1) is 19.7. The van der Waals surface area contributed by atoms with Crippen molar-refractivity contribution in [3.8, 4) is 0 Å². The summed E-state index contributed by atoms with van der Waals surface area (Å²) in [6.45, 7) is 15.3. The first-order valence-corrected chi connectivity index (χ1v) is 8.47. The van der Waals surface area contributed by atoms with E-state index in [4.69, 9.17) is 4.74 Å². The maximum Gasteiger partial charge on any atom is 0.242 e. The second-order valence-corrected chi connectivity index (χ2v) is 6.87. The minimum atomic E-state index is -0.233. The van der Waals surface area contributed by atoms with Crippen LogP contribution in [0.25, 0.3) is 0 Å². The number of guanidine groups is 1. The van der Waals surface area contributed by atoms with E-state index in [9.17, 15) is 4.79 Å². The number of carbonyl (C=O) groups is 1. The van der Waals surface area contributed by atoms with E-state index in [-0.39, 0.29) is 18.0 Å². The van der Waals surface area contributed by atoms with E-state index in [0.29, 0.717) is 12.0 Å². The highest BCUT2D eigenvalue weighted by Crippen LogP contribution is 2.02. The summed E-state index contributed by atoms with van der Waals surface area (Å²) in [7, 11) is 0. The van der Waals surface area contributed by atoms with Gasteiger partial charge in [0, 0.05) is 37.8 Å². The molecule has 0 spiro atoms. The Kier molecular flexibility index (Phi) is 8.33. The van der Waals surface area contributed by atoms with Crippen LogP contribution in [0.15, 0.2) is 4.99 Å². The average Bonchev–Trinajstić information content (AvgIpc) is 2.49. The van der Waals surface area contributed by atoms with Crippen LogP contribution in [0.3, 0.4) is 0 Å². The number of hydrogen-bond donors (Lipinski definition) is 3. The third-order valence-electron chi connectivity index (χ3n) is 3.47. The lowest BCUT2D eigenvalue weighted by atomic mass is 10.1. The van der Waals surface area contributed by atoms with Crippen molar-refractivity contribution >= 4 is 11.9 Å². The predicted octanol–water partition coefficient (Wildman–Crippen LogP) is 0.177. The maximum atomic E-state index is 11.9. The van der Waals surface area contributed by atoms with Gasteiger partial charge in [0.05, 0.1) is 13.2 Å². The van der Waals surface area contributed by atoms with Crippen molar-refractivity contribution in [2.45, 2.75) is 46.2 Å². The van der Waals surface area contributed by atoms with E-state index in [1.54, 1.807) is 0 Å². The van der Waals surface area contributed by atoms with Crippen molar-refractivity contribution in [2.75, 3.05) is 45.9 Å². The number of rotatable bonds is 6. The van der Waals surface area contributed by atoms with E-state index < -0.39 is 0 Å². The molecular weight excluding hydrogens is 294 g/mol. The molecule has 0 aliphatic carbocycles. The lowest BCUT2D eigenvalue weighted by Crippen LogP contribution is -2.49. The van der Waals surface area contributed by atoms with Crippen LogP contribution in [0.4, 0.5) is 0 Å². The highest BCUT2D eigenvalue weighted by atomic mass is 16.5. The number of hydrogen-bond acceptors (Lipinski definition) is 4. The van der Waals surface area contributed by atoms with Gasteiger partial charge >= 0.3 is 0 Å². The Bertz CT molecular complexity index is 386. The number of aliphatic imine (C=N–C) groups is 1. The molecule has 1 atom stereocenters. The zero-order chi connectivity index (χ0) is 17.3. The fourth-order valence-corrected chi connectivity index (χ4v) is 2.34. The van der Waals surface area contributed by atoms with E-state index in [1.807, 2.05) is 27.7 Å².